The van der Waals surface area contributed by atoms with Gasteiger partial charge in [0.25, 0.3) is 5.91 Å². The number of hydrogen-bond acceptors (Lipinski definition) is 6. The fourth-order valence-electron chi connectivity index (χ4n) is 2.62. The maximum Gasteiger partial charge on any atom is 0.252 e. The number of nitrogens with one attached hydrogen (secondary N) is 2. The summed E-state index contributed by atoms with van der Waals surface area (Å²) in [6.45, 7) is 5.49. The van der Waals surface area contributed by atoms with Crippen LogP contribution in [0.4, 0.5) is 5.69 Å². The Morgan fingerprint density at radius 1 is 1.16 bits per heavy atom. The van der Waals surface area contributed by atoms with E-state index >= 15 is 0 Å². The van der Waals surface area contributed by atoms with Gasteiger partial charge in [-0.3, -0.25) is 19.7 Å². The third-order valence-electron chi connectivity index (χ3n) is 4.06. The number of rotatable bonds is 7. The van der Waals surface area contributed by atoms with Gasteiger partial charge in [0.15, 0.2) is 0 Å². The lowest BCUT2D eigenvalue weighted by atomic mass is 10.2. The molecule has 1 fully saturated rings. The number of morpholine rings is 1. The van der Waals surface area contributed by atoms with Gasteiger partial charge in [0.1, 0.15) is 0 Å². The number of aromatic nitrogens is 2. The summed E-state index contributed by atoms with van der Waals surface area (Å²) in [7, 11) is 0. The Morgan fingerprint density at radius 2 is 1.96 bits per heavy atom. The highest BCUT2D eigenvalue weighted by Gasteiger charge is 2.11. The molecule has 2 aromatic rings. The number of amides is 1. The molecular weight excluding hydrogens is 318 g/mol. The Bertz CT molecular complexity index is 674. The van der Waals surface area contributed by atoms with E-state index in [1.807, 2.05) is 18.2 Å². The first kappa shape index (κ1) is 17.3. The van der Waals surface area contributed by atoms with E-state index in [9.17, 15) is 4.79 Å². The van der Waals surface area contributed by atoms with Crippen LogP contribution in [0.1, 0.15) is 15.9 Å². The largest absolute Gasteiger partial charge is 0.380 e. The molecule has 1 aliphatic rings. The zero-order chi connectivity index (χ0) is 17.3. The Hall–Kier alpha value is -2.51. The van der Waals surface area contributed by atoms with Crippen molar-refractivity contribution in [2.75, 3.05) is 44.7 Å². The molecule has 25 heavy (non-hydrogen) atoms. The van der Waals surface area contributed by atoms with Crippen LogP contribution in [0.25, 0.3) is 0 Å². The molecule has 7 nitrogen and oxygen atoms in total. The molecule has 0 unspecified atom stereocenters. The minimum atomic E-state index is -0.103. The first-order valence-corrected chi connectivity index (χ1v) is 8.47. The molecule has 3 rings (SSSR count). The molecule has 0 aromatic carbocycles. The molecule has 7 heteroatoms. The molecule has 1 saturated heterocycles. The average Bonchev–Trinajstić information content (AvgIpc) is 2.68. The van der Waals surface area contributed by atoms with E-state index in [-0.39, 0.29) is 5.91 Å². The molecule has 2 aromatic heterocycles. The van der Waals surface area contributed by atoms with Crippen LogP contribution in [0.3, 0.4) is 0 Å². The van der Waals surface area contributed by atoms with Gasteiger partial charge in [-0.05, 0) is 23.8 Å². The van der Waals surface area contributed by atoms with Gasteiger partial charge in [0.05, 0.1) is 24.5 Å². The summed E-state index contributed by atoms with van der Waals surface area (Å²) in [4.78, 5) is 22.7. The lowest BCUT2D eigenvalue weighted by Crippen LogP contribution is -2.41. The highest BCUT2D eigenvalue weighted by atomic mass is 16.5. The Kier molecular flexibility index (Phi) is 6.30. The topological polar surface area (TPSA) is 79.4 Å². The summed E-state index contributed by atoms with van der Waals surface area (Å²) < 4.78 is 5.32. The van der Waals surface area contributed by atoms with Crippen molar-refractivity contribution < 1.29 is 9.53 Å². The smallest absolute Gasteiger partial charge is 0.252 e. The summed E-state index contributed by atoms with van der Waals surface area (Å²) in [6.07, 6.45) is 6.81. The van der Waals surface area contributed by atoms with E-state index in [0.717, 1.165) is 44.1 Å². The van der Waals surface area contributed by atoms with Crippen molar-refractivity contribution in [1.82, 2.24) is 20.2 Å². The normalized spacial score (nSPS) is 14.9. The molecular formula is C18H23N5O2. The monoisotopic (exact) mass is 341 g/mol. The van der Waals surface area contributed by atoms with E-state index in [1.54, 1.807) is 24.8 Å². The fraction of sp³-hybridized carbons (Fsp3) is 0.389. The van der Waals surface area contributed by atoms with Crippen LogP contribution in [-0.2, 0) is 11.3 Å². The van der Waals surface area contributed by atoms with Crippen LogP contribution in [0.5, 0.6) is 0 Å². The van der Waals surface area contributed by atoms with Gasteiger partial charge >= 0.3 is 0 Å². The highest BCUT2D eigenvalue weighted by molar-refractivity contribution is 5.94. The number of pyridine rings is 2. The average molecular weight is 341 g/mol. The Labute approximate surface area is 147 Å². The molecule has 132 valence electrons. The molecule has 0 radical (unpaired) electrons. The van der Waals surface area contributed by atoms with Crippen LogP contribution < -0.4 is 10.6 Å². The van der Waals surface area contributed by atoms with E-state index < -0.39 is 0 Å². The zero-order valence-corrected chi connectivity index (χ0v) is 14.1. The van der Waals surface area contributed by atoms with Crippen LogP contribution >= 0.6 is 0 Å². The first-order valence-electron chi connectivity index (χ1n) is 8.47. The Morgan fingerprint density at radius 3 is 2.76 bits per heavy atom. The van der Waals surface area contributed by atoms with E-state index in [0.29, 0.717) is 18.7 Å². The van der Waals surface area contributed by atoms with Gasteiger partial charge in [-0.2, -0.15) is 0 Å². The quantitative estimate of drug-likeness (QED) is 0.786. The van der Waals surface area contributed by atoms with E-state index in [1.165, 1.54) is 0 Å². The van der Waals surface area contributed by atoms with E-state index in [2.05, 4.69) is 25.5 Å². The number of carbonyl (C=O) groups is 1. The van der Waals surface area contributed by atoms with Gasteiger partial charge in [-0.1, -0.05) is 0 Å². The highest BCUT2D eigenvalue weighted by Crippen LogP contribution is 2.10. The predicted octanol–water partition coefficient (Wildman–Crippen LogP) is 1.15. The van der Waals surface area contributed by atoms with Gasteiger partial charge < -0.3 is 15.4 Å². The number of nitrogens with zero attached hydrogens (tertiary/aromatic N) is 3. The molecule has 0 aliphatic carbocycles. The number of hydrogen-bond donors (Lipinski definition) is 2. The molecule has 1 amide bonds. The first-order chi connectivity index (χ1) is 12.3. The number of anilines is 1. The summed E-state index contributed by atoms with van der Waals surface area (Å²) in [5, 5.41) is 6.22. The third-order valence-corrected chi connectivity index (χ3v) is 4.06. The maximum absolute atomic E-state index is 12.3. The van der Waals surface area contributed by atoms with Crippen LogP contribution in [0.15, 0.2) is 43.0 Å². The Balaban J connectivity index is 1.47. The summed E-state index contributed by atoms with van der Waals surface area (Å²) in [5.41, 5.74) is 2.50. The number of carbonyl (C=O) groups excluding carboxylic acids is 1. The van der Waals surface area contributed by atoms with Gasteiger partial charge in [0.2, 0.25) is 0 Å². The zero-order valence-electron chi connectivity index (χ0n) is 14.1. The molecule has 0 spiro atoms. The maximum atomic E-state index is 12.3. The molecule has 0 atom stereocenters. The summed E-state index contributed by atoms with van der Waals surface area (Å²) >= 11 is 0. The third kappa shape index (κ3) is 5.51. The molecule has 0 saturated carbocycles. The molecule has 1 aliphatic heterocycles. The summed E-state index contributed by atoms with van der Waals surface area (Å²) in [6, 6.07) is 5.71. The van der Waals surface area contributed by atoms with Gasteiger partial charge in [-0.25, -0.2) is 0 Å². The van der Waals surface area contributed by atoms with Gasteiger partial charge in [0, 0.05) is 57.5 Å². The van der Waals surface area contributed by atoms with Crippen LogP contribution in [-0.4, -0.2) is 60.2 Å². The lowest BCUT2D eigenvalue weighted by Gasteiger charge is -2.26. The van der Waals surface area contributed by atoms with Crippen molar-refractivity contribution >= 4 is 11.6 Å². The minimum absolute atomic E-state index is 0.103. The second kappa shape index (κ2) is 9.10. The van der Waals surface area contributed by atoms with Crippen molar-refractivity contribution in [3.8, 4) is 0 Å². The molecule has 3 heterocycles. The van der Waals surface area contributed by atoms with Crippen molar-refractivity contribution in [3.05, 3.63) is 54.1 Å². The fourth-order valence-corrected chi connectivity index (χ4v) is 2.62. The SMILES string of the molecule is O=C(NCCN1CCOCC1)c1cncc(NCc2ccncc2)c1. The van der Waals surface area contributed by atoms with Crippen molar-refractivity contribution in [2.24, 2.45) is 0 Å². The van der Waals surface area contributed by atoms with Crippen molar-refractivity contribution in [2.45, 2.75) is 6.54 Å². The minimum Gasteiger partial charge on any atom is -0.380 e. The van der Waals surface area contributed by atoms with Crippen LogP contribution in [0.2, 0.25) is 0 Å². The summed E-state index contributed by atoms with van der Waals surface area (Å²) in [5.74, 6) is -0.103. The second-order valence-electron chi connectivity index (χ2n) is 5.88. The molecule has 0 bridgehead atoms. The van der Waals surface area contributed by atoms with Crippen LogP contribution in [0, 0.1) is 0 Å². The second-order valence-corrected chi connectivity index (χ2v) is 5.88. The molecule has 2 N–H and O–H groups in total. The lowest BCUT2D eigenvalue weighted by molar-refractivity contribution is 0.0383. The van der Waals surface area contributed by atoms with Crippen molar-refractivity contribution in [1.29, 1.82) is 0 Å². The van der Waals surface area contributed by atoms with E-state index in [4.69, 9.17) is 4.74 Å². The predicted molar refractivity (Wildman–Crippen MR) is 95.4 cm³/mol. The van der Waals surface area contributed by atoms with Gasteiger partial charge in [-0.15, -0.1) is 0 Å². The standard InChI is InChI=1S/C18H23N5O2/c24-18(21-5-6-23-7-9-25-10-8-23)16-11-17(14-20-13-16)22-12-15-1-3-19-4-2-15/h1-4,11,13-14,22H,5-10,12H2,(H,21,24). The number of ether oxygens (including phenoxy) is 1. The van der Waals surface area contributed by atoms with Crippen molar-refractivity contribution in [3.63, 3.8) is 0 Å².